The van der Waals surface area contributed by atoms with E-state index in [1.807, 2.05) is 39.8 Å². The van der Waals surface area contributed by atoms with Crippen LogP contribution in [0.4, 0.5) is 5.69 Å². The molecular weight excluding hydrogens is 414 g/mol. The molecule has 0 spiro atoms. The number of rotatable bonds is 4. The lowest BCUT2D eigenvalue weighted by molar-refractivity contribution is -0.140. The smallest absolute Gasteiger partial charge is 0.261 e. The van der Waals surface area contributed by atoms with Crippen LogP contribution in [-0.4, -0.2) is 56.2 Å². The van der Waals surface area contributed by atoms with E-state index in [2.05, 4.69) is 4.72 Å². The Morgan fingerprint density at radius 3 is 1.87 bits per heavy atom. The van der Waals surface area contributed by atoms with Crippen LogP contribution in [-0.2, 0) is 14.8 Å². The van der Waals surface area contributed by atoms with E-state index in [-0.39, 0.29) is 16.7 Å². The van der Waals surface area contributed by atoms with Gasteiger partial charge in [-0.25, -0.2) is 8.42 Å². The molecule has 7 nitrogen and oxygen atoms in total. The Morgan fingerprint density at radius 2 is 1.35 bits per heavy atom. The lowest BCUT2D eigenvalue weighted by Crippen LogP contribution is -2.53. The minimum absolute atomic E-state index is 0.0789. The number of carbonyl (C=O) groups excluding carboxylic acids is 2. The third-order valence-electron chi connectivity index (χ3n) is 5.21. The third-order valence-corrected chi connectivity index (χ3v) is 6.61. The Hall–Kier alpha value is -2.87. The number of sulfonamides is 1. The van der Waals surface area contributed by atoms with Gasteiger partial charge in [-0.2, -0.15) is 0 Å². The number of nitrogens with zero attached hydrogens (tertiary/aromatic N) is 2. The molecule has 1 aliphatic heterocycles. The molecule has 1 saturated heterocycles. The molecule has 2 aromatic rings. The molecule has 0 saturated carbocycles. The molecule has 0 unspecified atom stereocenters. The van der Waals surface area contributed by atoms with Gasteiger partial charge in [0.05, 0.1) is 4.90 Å². The van der Waals surface area contributed by atoms with Crippen LogP contribution >= 0.6 is 0 Å². The predicted octanol–water partition coefficient (Wildman–Crippen LogP) is 3.13. The number of hydrogen-bond acceptors (Lipinski definition) is 4. The van der Waals surface area contributed by atoms with E-state index in [0.717, 1.165) is 5.56 Å². The number of anilines is 1. The summed E-state index contributed by atoms with van der Waals surface area (Å²) in [6, 6.07) is 13.0. The molecule has 0 aliphatic carbocycles. The van der Waals surface area contributed by atoms with Crippen molar-refractivity contribution in [2.75, 3.05) is 30.9 Å². The number of piperazine rings is 1. The highest BCUT2D eigenvalue weighted by atomic mass is 32.2. The summed E-state index contributed by atoms with van der Waals surface area (Å²) in [4.78, 5) is 28.8. The van der Waals surface area contributed by atoms with E-state index in [0.29, 0.717) is 37.4 Å². The zero-order valence-corrected chi connectivity index (χ0v) is 19.2. The van der Waals surface area contributed by atoms with Gasteiger partial charge in [0.1, 0.15) is 0 Å². The number of benzene rings is 2. The van der Waals surface area contributed by atoms with Gasteiger partial charge in [0.25, 0.3) is 15.9 Å². The van der Waals surface area contributed by atoms with Crippen LogP contribution < -0.4 is 4.72 Å². The highest BCUT2D eigenvalue weighted by Crippen LogP contribution is 2.20. The molecule has 0 atom stereocenters. The molecule has 166 valence electrons. The van der Waals surface area contributed by atoms with Crippen LogP contribution in [0.15, 0.2) is 53.4 Å². The average molecular weight is 444 g/mol. The summed E-state index contributed by atoms with van der Waals surface area (Å²) in [5.74, 6) is -0.0893. The first-order valence-corrected chi connectivity index (χ1v) is 11.7. The minimum atomic E-state index is -3.74. The summed E-state index contributed by atoms with van der Waals surface area (Å²) in [5.41, 5.74) is 1.49. The summed E-state index contributed by atoms with van der Waals surface area (Å²) in [6.07, 6.45) is 0. The van der Waals surface area contributed by atoms with E-state index in [1.54, 1.807) is 21.9 Å². The molecule has 0 aromatic heterocycles. The van der Waals surface area contributed by atoms with Gasteiger partial charge < -0.3 is 9.80 Å². The quantitative estimate of drug-likeness (QED) is 0.787. The normalized spacial score (nSPS) is 15.0. The number of aryl methyl sites for hydroxylation is 1. The van der Waals surface area contributed by atoms with Crippen molar-refractivity contribution in [1.29, 1.82) is 0 Å². The van der Waals surface area contributed by atoms with Crippen LogP contribution in [0.3, 0.4) is 0 Å². The Kier molecular flexibility index (Phi) is 6.40. The van der Waals surface area contributed by atoms with Crippen molar-refractivity contribution in [2.24, 2.45) is 5.41 Å². The molecule has 0 radical (unpaired) electrons. The number of amides is 2. The molecule has 1 aliphatic rings. The molecule has 0 bridgehead atoms. The van der Waals surface area contributed by atoms with E-state index in [4.69, 9.17) is 0 Å². The summed E-state index contributed by atoms with van der Waals surface area (Å²) >= 11 is 0. The summed E-state index contributed by atoms with van der Waals surface area (Å²) in [7, 11) is -3.74. The first-order valence-electron chi connectivity index (χ1n) is 10.3. The van der Waals surface area contributed by atoms with Crippen LogP contribution in [0.2, 0.25) is 0 Å². The highest BCUT2D eigenvalue weighted by molar-refractivity contribution is 7.92. The first-order chi connectivity index (χ1) is 14.5. The van der Waals surface area contributed by atoms with E-state index in [1.165, 1.54) is 24.3 Å². The second-order valence-electron chi connectivity index (χ2n) is 8.83. The number of carbonyl (C=O) groups is 2. The van der Waals surface area contributed by atoms with Crippen LogP contribution in [0.25, 0.3) is 0 Å². The van der Waals surface area contributed by atoms with Crippen molar-refractivity contribution in [1.82, 2.24) is 9.80 Å². The van der Waals surface area contributed by atoms with Crippen molar-refractivity contribution in [3.63, 3.8) is 0 Å². The largest absolute Gasteiger partial charge is 0.339 e. The van der Waals surface area contributed by atoms with Gasteiger partial charge in [-0.15, -0.1) is 0 Å². The maximum absolute atomic E-state index is 12.8. The third kappa shape index (κ3) is 5.44. The van der Waals surface area contributed by atoms with Gasteiger partial charge in [-0.1, -0.05) is 38.5 Å². The topological polar surface area (TPSA) is 86.8 Å². The Labute approximate surface area is 184 Å². The van der Waals surface area contributed by atoms with Gasteiger partial charge in [0.2, 0.25) is 5.91 Å². The fraction of sp³-hybridized carbons (Fsp3) is 0.391. The number of nitrogens with one attached hydrogen (secondary N) is 1. The van der Waals surface area contributed by atoms with Crippen LogP contribution in [0, 0.1) is 12.3 Å². The summed E-state index contributed by atoms with van der Waals surface area (Å²) in [5, 5.41) is 0. The van der Waals surface area contributed by atoms with Crippen LogP contribution in [0.5, 0.6) is 0 Å². The highest BCUT2D eigenvalue weighted by Gasteiger charge is 2.31. The molecule has 8 heteroatoms. The van der Waals surface area contributed by atoms with Crippen molar-refractivity contribution >= 4 is 27.5 Å². The summed E-state index contributed by atoms with van der Waals surface area (Å²) < 4.78 is 27.8. The monoisotopic (exact) mass is 443 g/mol. The molecule has 31 heavy (non-hydrogen) atoms. The molecule has 1 fully saturated rings. The average Bonchev–Trinajstić information content (AvgIpc) is 2.74. The van der Waals surface area contributed by atoms with Gasteiger partial charge in [-0.3, -0.25) is 14.3 Å². The van der Waals surface area contributed by atoms with Crippen LogP contribution in [0.1, 0.15) is 36.7 Å². The lowest BCUT2D eigenvalue weighted by Gasteiger charge is -2.37. The number of hydrogen-bond donors (Lipinski definition) is 1. The van der Waals surface area contributed by atoms with Crippen molar-refractivity contribution < 1.29 is 18.0 Å². The zero-order valence-electron chi connectivity index (χ0n) is 18.4. The maximum Gasteiger partial charge on any atom is 0.261 e. The molecule has 2 aromatic carbocycles. The van der Waals surface area contributed by atoms with Crippen molar-refractivity contribution in [3.8, 4) is 0 Å². The van der Waals surface area contributed by atoms with Gasteiger partial charge in [-0.05, 0) is 43.3 Å². The molecule has 2 amide bonds. The second kappa shape index (κ2) is 8.70. The fourth-order valence-electron chi connectivity index (χ4n) is 3.38. The summed E-state index contributed by atoms with van der Waals surface area (Å²) in [6.45, 7) is 9.48. The predicted molar refractivity (Wildman–Crippen MR) is 120 cm³/mol. The Morgan fingerprint density at radius 1 is 0.839 bits per heavy atom. The first kappa shape index (κ1) is 22.8. The van der Waals surface area contributed by atoms with Crippen molar-refractivity contribution in [3.05, 3.63) is 59.7 Å². The lowest BCUT2D eigenvalue weighted by atomic mass is 9.94. The molecule has 3 rings (SSSR count). The standard InChI is InChI=1S/C23H29N3O4S/c1-17-5-9-19(10-6-17)24-31(29,30)20-11-7-18(8-12-20)21(27)25-13-15-26(16-14-25)22(28)23(2,3)4/h5-12,24H,13-16H2,1-4H3. The Bertz CT molecular complexity index is 1050. The second-order valence-corrected chi connectivity index (χ2v) is 10.5. The van der Waals surface area contributed by atoms with Gasteiger partial charge >= 0.3 is 0 Å². The minimum Gasteiger partial charge on any atom is -0.339 e. The van der Waals surface area contributed by atoms with Gasteiger partial charge in [0.15, 0.2) is 0 Å². The molecule has 1 N–H and O–H groups in total. The fourth-order valence-corrected chi connectivity index (χ4v) is 4.44. The molecular formula is C23H29N3O4S. The molecule has 1 heterocycles. The maximum atomic E-state index is 12.8. The SMILES string of the molecule is Cc1ccc(NS(=O)(=O)c2ccc(C(=O)N3CCN(C(=O)C(C)(C)C)CC3)cc2)cc1. The zero-order chi connectivity index (χ0) is 22.8. The van der Waals surface area contributed by atoms with Crippen molar-refractivity contribution in [2.45, 2.75) is 32.6 Å². The van der Waals surface area contributed by atoms with E-state index in [9.17, 15) is 18.0 Å². The van der Waals surface area contributed by atoms with E-state index >= 15 is 0 Å². The Balaban J connectivity index is 1.64. The van der Waals surface area contributed by atoms with Gasteiger partial charge in [0, 0.05) is 42.8 Å². The van der Waals surface area contributed by atoms with E-state index < -0.39 is 15.4 Å².